The van der Waals surface area contributed by atoms with E-state index in [2.05, 4.69) is 15.9 Å². The number of ether oxygens (including phenoxy) is 2. The van der Waals surface area contributed by atoms with Crippen LogP contribution < -0.4 is 9.47 Å². The Kier molecular flexibility index (Phi) is 5.47. The number of carbonyl (C=O) groups is 1. The number of aryl methyl sites for hydroxylation is 2. The molecule has 1 rings (SSSR count). The van der Waals surface area contributed by atoms with Crippen molar-refractivity contribution in [1.29, 1.82) is 0 Å². The lowest BCUT2D eigenvalue weighted by Crippen LogP contribution is -2.03. The maximum atomic E-state index is 10.7. The number of carboxylic acid groups (broad SMARTS) is 1. The van der Waals surface area contributed by atoms with Crippen LogP contribution in [0.5, 0.6) is 11.5 Å². The zero-order chi connectivity index (χ0) is 13.7. The third-order valence-electron chi connectivity index (χ3n) is 2.73. The van der Waals surface area contributed by atoms with Gasteiger partial charge in [-0.3, -0.25) is 4.79 Å². The lowest BCUT2D eigenvalue weighted by Gasteiger charge is -2.16. The molecule has 0 bridgehead atoms. The van der Waals surface area contributed by atoms with Gasteiger partial charge in [0.1, 0.15) is 16.0 Å². The van der Waals surface area contributed by atoms with Crippen LogP contribution in [0, 0.1) is 0 Å². The Hall–Kier alpha value is -1.23. The zero-order valence-electron chi connectivity index (χ0n) is 10.7. The fraction of sp³-hybridized carbons (Fsp3) is 0.462. The van der Waals surface area contributed by atoms with Crippen molar-refractivity contribution in [3.8, 4) is 11.5 Å². The first-order valence-electron chi connectivity index (χ1n) is 5.69. The van der Waals surface area contributed by atoms with E-state index in [4.69, 9.17) is 14.6 Å². The Balaban J connectivity index is 3.23. The Morgan fingerprint density at radius 2 is 1.83 bits per heavy atom. The highest BCUT2D eigenvalue weighted by Gasteiger charge is 2.17. The van der Waals surface area contributed by atoms with Gasteiger partial charge in [0, 0.05) is 6.42 Å². The molecule has 0 fully saturated rings. The van der Waals surface area contributed by atoms with Crippen molar-refractivity contribution in [1.82, 2.24) is 0 Å². The van der Waals surface area contributed by atoms with Gasteiger partial charge in [0.15, 0.2) is 0 Å². The van der Waals surface area contributed by atoms with Gasteiger partial charge in [-0.15, -0.1) is 0 Å². The molecule has 0 aromatic heterocycles. The molecule has 1 aromatic rings. The Labute approximate surface area is 115 Å². The first-order valence-corrected chi connectivity index (χ1v) is 6.48. The molecular formula is C13H17BrO4. The Morgan fingerprint density at radius 1 is 1.28 bits per heavy atom. The van der Waals surface area contributed by atoms with Gasteiger partial charge in [-0.25, -0.2) is 0 Å². The summed E-state index contributed by atoms with van der Waals surface area (Å²) in [6, 6.07) is 1.95. The topological polar surface area (TPSA) is 55.8 Å². The van der Waals surface area contributed by atoms with E-state index in [-0.39, 0.29) is 6.42 Å². The van der Waals surface area contributed by atoms with Gasteiger partial charge in [-0.05, 0) is 46.0 Å². The lowest BCUT2D eigenvalue weighted by atomic mass is 10.0. The lowest BCUT2D eigenvalue weighted by molar-refractivity contribution is -0.136. The SMILES string of the molecule is CCc1cc(CCC(=O)O)c(OC)c(Br)c1OC. The van der Waals surface area contributed by atoms with E-state index in [0.29, 0.717) is 12.2 Å². The molecule has 0 saturated carbocycles. The highest BCUT2D eigenvalue weighted by Crippen LogP contribution is 2.40. The molecule has 0 radical (unpaired) electrons. The van der Waals surface area contributed by atoms with E-state index in [1.54, 1.807) is 14.2 Å². The van der Waals surface area contributed by atoms with Crippen LogP contribution in [0.15, 0.2) is 10.5 Å². The molecule has 0 amide bonds. The first kappa shape index (κ1) is 14.8. The molecule has 5 heteroatoms. The minimum absolute atomic E-state index is 0.0816. The van der Waals surface area contributed by atoms with Crippen LogP contribution in [0.4, 0.5) is 0 Å². The summed E-state index contributed by atoms with van der Waals surface area (Å²) in [6.45, 7) is 2.03. The number of halogens is 1. The molecule has 100 valence electrons. The average molecular weight is 317 g/mol. The van der Waals surface area contributed by atoms with Gasteiger partial charge in [-0.1, -0.05) is 6.92 Å². The van der Waals surface area contributed by atoms with Crippen molar-refractivity contribution < 1.29 is 19.4 Å². The summed E-state index contributed by atoms with van der Waals surface area (Å²) in [6.07, 6.45) is 1.33. The van der Waals surface area contributed by atoms with Crippen LogP contribution in [-0.2, 0) is 17.6 Å². The highest BCUT2D eigenvalue weighted by atomic mass is 79.9. The molecule has 1 N–H and O–H groups in total. The number of hydrogen-bond acceptors (Lipinski definition) is 3. The van der Waals surface area contributed by atoms with Crippen LogP contribution in [0.1, 0.15) is 24.5 Å². The molecule has 0 aliphatic heterocycles. The molecule has 0 aliphatic rings. The molecule has 0 aliphatic carbocycles. The molecule has 0 spiro atoms. The van der Waals surface area contributed by atoms with Crippen LogP contribution in [0.3, 0.4) is 0 Å². The number of benzene rings is 1. The fourth-order valence-electron chi connectivity index (χ4n) is 1.86. The normalized spacial score (nSPS) is 10.2. The van der Waals surface area contributed by atoms with E-state index in [9.17, 15) is 4.79 Å². The second-order valence-corrected chi connectivity index (χ2v) is 4.62. The van der Waals surface area contributed by atoms with Gasteiger partial charge in [0.05, 0.1) is 14.2 Å². The quantitative estimate of drug-likeness (QED) is 0.876. The van der Waals surface area contributed by atoms with Crippen LogP contribution in [-0.4, -0.2) is 25.3 Å². The van der Waals surface area contributed by atoms with E-state index in [0.717, 1.165) is 27.8 Å². The van der Waals surface area contributed by atoms with E-state index in [1.807, 2.05) is 13.0 Å². The van der Waals surface area contributed by atoms with Crippen molar-refractivity contribution in [3.63, 3.8) is 0 Å². The van der Waals surface area contributed by atoms with Gasteiger partial charge in [-0.2, -0.15) is 0 Å². The predicted molar refractivity (Wildman–Crippen MR) is 72.6 cm³/mol. The van der Waals surface area contributed by atoms with E-state index >= 15 is 0 Å². The smallest absolute Gasteiger partial charge is 0.303 e. The summed E-state index contributed by atoms with van der Waals surface area (Å²) in [5.74, 6) is 0.570. The molecule has 0 saturated heterocycles. The van der Waals surface area contributed by atoms with Gasteiger partial charge in [0.25, 0.3) is 0 Å². The third-order valence-corrected chi connectivity index (χ3v) is 3.45. The monoisotopic (exact) mass is 316 g/mol. The van der Waals surface area contributed by atoms with Crippen LogP contribution >= 0.6 is 15.9 Å². The second kappa shape index (κ2) is 6.64. The largest absolute Gasteiger partial charge is 0.495 e. The standard InChI is InChI=1S/C13H17BrO4/c1-4-8-7-9(5-6-10(15)16)13(18-3)11(14)12(8)17-2/h7H,4-6H2,1-3H3,(H,15,16). The summed E-state index contributed by atoms with van der Waals surface area (Å²) in [5.41, 5.74) is 1.91. The van der Waals surface area contributed by atoms with E-state index < -0.39 is 5.97 Å². The minimum atomic E-state index is -0.818. The van der Waals surface area contributed by atoms with Crippen molar-refractivity contribution in [2.45, 2.75) is 26.2 Å². The second-order valence-electron chi connectivity index (χ2n) is 3.82. The maximum Gasteiger partial charge on any atom is 0.303 e. The summed E-state index contributed by atoms with van der Waals surface area (Å²) in [4.78, 5) is 10.7. The van der Waals surface area contributed by atoms with Crippen molar-refractivity contribution in [3.05, 3.63) is 21.7 Å². The number of aliphatic carboxylic acids is 1. The number of hydrogen-bond donors (Lipinski definition) is 1. The molecule has 0 heterocycles. The molecule has 0 atom stereocenters. The molecule has 1 aromatic carbocycles. The van der Waals surface area contributed by atoms with Crippen LogP contribution in [0.25, 0.3) is 0 Å². The zero-order valence-corrected chi connectivity index (χ0v) is 12.3. The molecular weight excluding hydrogens is 300 g/mol. The summed E-state index contributed by atoms with van der Waals surface area (Å²) >= 11 is 3.45. The van der Waals surface area contributed by atoms with Crippen LogP contribution in [0.2, 0.25) is 0 Å². The molecule has 0 unspecified atom stereocenters. The maximum absolute atomic E-state index is 10.7. The average Bonchev–Trinajstić information content (AvgIpc) is 2.35. The molecule has 4 nitrogen and oxygen atoms in total. The van der Waals surface area contributed by atoms with Crippen molar-refractivity contribution in [2.75, 3.05) is 14.2 Å². The molecule has 18 heavy (non-hydrogen) atoms. The summed E-state index contributed by atoms with van der Waals surface area (Å²) in [7, 11) is 3.17. The summed E-state index contributed by atoms with van der Waals surface area (Å²) < 4.78 is 11.4. The minimum Gasteiger partial charge on any atom is -0.495 e. The first-order chi connectivity index (χ1) is 8.54. The van der Waals surface area contributed by atoms with Gasteiger partial charge in [0.2, 0.25) is 0 Å². The van der Waals surface area contributed by atoms with Gasteiger partial charge >= 0.3 is 5.97 Å². The summed E-state index contributed by atoms with van der Waals surface area (Å²) in [5, 5.41) is 8.76. The van der Waals surface area contributed by atoms with E-state index in [1.165, 1.54) is 0 Å². The third kappa shape index (κ3) is 3.16. The number of carboxylic acids is 1. The predicted octanol–water partition coefficient (Wildman–Crippen LogP) is 3.05. The number of methoxy groups -OCH3 is 2. The number of rotatable bonds is 6. The Bertz CT molecular complexity index is 443. The fourth-order valence-corrected chi connectivity index (χ4v) is 2.69. The van der Waals surface area contributed by atoms with Crippen molar-refractivity contribution >= 4 is 21.9 Å². The van der Waals surface area contributed by atoms with Crippen molar-refractivity contribution in [2.24, 2.45) is 0 Å². The Morgan fingerprint density at radius 3 is 2.28 bits per heavy atom. The highest BCUT2D eigenvalue weighted by molar-refractivity contribution is 9.10. The van der Waals surface area contributed by atoms with Gasteiger partial charge < -0.3 is 14.6 Å².